The number of nitrogen functional groups attached to an aromatic ring is 1. The fraction of sp³-hybridized carbons (Fsp3) is 0.471. The van der Waals surface area contributed by atoms with Crippen molar-refractivity contribution in [2.24, 2.45) is 7.05 Å². The number of aromatic nitrogens is 2. The largest absolute Gasteiger partial charge is 0.384 e. The molecule has 3 heteroatoms. The average molecular weight is 271 g/mol. The number of nitrogens with zero attached hydrogens (tertiary/aromatic N) is 2. The molecule has 3 nitrogen and oxygen atoms in total. The number of hydrogen-bond donors (Lipinski definition) is 1. The Bertz CT molecular complexity index is 616. The molecule has 20 heavy (non-hydrogen) atoms. The summed E-state index contributed by atoms with van der Waals surface area (Å²) in [6.07, 6.45) is 0. The van der Waals surface area contributed by atoms with Gasteiger partial charge in [0.2, 0.25) is 0 Å². The Morgan fingerprint density at radius 2 is 1.75 bits per heavy atom. The Kier molecular flexibility index (Phi) is 3.63. The molecule has 1 heterocycles. The Morgan fingerprint density at radius 1 is 1.15 bits per heavy atom. The Balaban J connectivity index is 2.73. The zero-order valence-corrected chi connectivity index (χ0v) is 13.4. The van der Waals surface area contributed by atoms with Crippen molar-refractivity contribution < 1.29 is 0 Å². The lowest BCUT2D eigenvalue weighted by molar-refractivity contribution is 0.591. The van der Waals surface area contributed by atoms with Crippen LogP contribution in [0.25, 0.3) is 11.3 Å². The predicted octanol–water partition coefficient (Wildman–Crippen LogP) is 4.09. The van der Waals surface area contributed by atoms with E-state index in [4.69, 9.17) is 5.73 Å². The Labute approximate surface area is 121 Å². The lowest BCUT2D eigenvalue weighted by Gasteiger charge is -2.23. The standard InChI is InChI=1S/C17H25N3/c1-11(2)14-15(19-20(6)16(14)18)12-9-7-8-10-13(12)17(3,4)5/h7-11H,18H2,1-6H3. The van der Waals surface area contributed by atoms with E-state index in [9.17, 15) is 0 Å². The average Bonchev–Trinajstić information content (AvgIpc) is 2.65. The van der Waals surface area contributed by atoms with E-state index in [0.29, 0.717) is 5.92 Å². The highest BCUT2D eigenvalue weighted by atomic mass is 15.3. The van der Waals surface area contributed by atoms with Crippen molar-refractivity contribution in [2.75, 3.05) is 5.73 Å². The summed E-state index contributed by atoms with van der Waals surface area (Å²) in [5.41, 5.74) is 10.9. The summed E-state index contributed by atoms with van der Waals surface area (Å²) in [6.45, 7) is 11.0. The van der Waals surface area contributed by atoms with Crippen LogP contribution in [0, 0.1) is 0 Å². The minimum Gasteiger partial charge on any atom is -0.384 e. The topological polar surface area (TPSA) is 43.8 Å². The van der Waals surface area contributed by atoms with Crippen molar-refractivity contribution >= 4 is 5.82 Å². The molecule has 0 aliphatic rings. The number of hydrogen-bond acceptors (Lipinski definition) is 2. The van der Waals surface area contributed by atoms with E-state index in [-0.39, 0.29) is 5.41 Å². The number of rotatable bonds is 2. The van der Waals surface area contributed by atoms with Crippen LogP contribution in [0.3, 0.4) is 0 Å². The molecular weight excluding hydrogens is 246 g/mol. The number of benzene rings is 1. The van der Waals surface area contributed by atoms with Crippen LogP contribution in [0.1, 0.15) is 51.7 Å². The lowest BCUT2D eigenvalue weighted by Crippen LogP contribution is -2.13. The molecule has 2 aromatic rings. The van der Waals surface area contributed by atoms with Crippen LogP contribution < -0.4 is 5.73 Å². The second-order valence-corrected chi connectivity index (χ2v) is 6.72. The zero-order chi connectivity index (χ0) is 15.1. The summed E-state index contributed by atoms with van der Waals surface area (Å²) in [6, 6.07) is 8.49. The van der Waals surface area contributed by atoms with Crippen LogP contribution in [-0.4, -0.2) is 9.78 Å². The fourth-order valence-electron chi connectivity index (χ4n) is 2.67. The molecule has 0 saturated heterocycles. The highest BCUT2D eigenvalue weighted by Gasteiger charge is 2.24. The minimum absolute atomic E-state index is 0.0805. The molecule has 0 unspecified atom stereocenters. The van der Waals surface area contributed by atoms with Gasteiger partial charge in [0, 0.05) is 18.2 Å². The molecule has 1 aromatic heterocycles. The zero-order valence-electron chi connectivity index (χ0n) is 13.4. The van der Waals surface area contributed by atoms with E-state index in [1.54, 1.807) is 4.68 Å². The predicted molar refractivity (Wildman–Crippen MR) is 85.8 cm³/mol. The van der Waals surface area contributed by atoms with Gasteiger partial charge in [-0.1, -0.05) is 58.9 Å². The molecule has 2 rings (SSSR count). The van der Waals surface area contributed by atoms with E-state index in [1.165, 1.54) is 11.1 Å². The van der Waals surface area contributed by atoms with E-state index in [0.717, 1.165) is 17.1 Å². The van der Waals surface area contributed by atoms with Gasteiger partial charge in [0.05, 0.1) is 5.69 Å². The van der Waals surface area contributed by atoms with Gasteiger partial charge < -0.3 is 5.73 Å². The van der Waals surface area contributed by atoms with Gasteiger partial charge in [0.15, 0.2) is 0 Å². The molecule has 0 atom stereocenters. The van der Waals surface area contributed by atoms with Gasteiger partial charge in [0.1, 0.15) is 5.82 Å². The van der Waals surface area contributed by atoms with E-state index < -0.39 is 0 Å². The normalized spacial score (nSPS) is 12.2. The van der Waals surface area contributed by atoms with E-state index >= 15 is 0 Å². The summed E-state index contributed by atoms with van der Waals surface area (Å²) in [5.74, 6) is 1.12. The Hall–Kier alpha value is -1.77. The minimum atomic E-state index is 0.0805. The highest BCUT2D eigenvalue weighted by molar-refractivity contribution is 5.73. The first kappa shape index (κ1) is 14.6. The third-order valence-corrected chi connectivity index (χ3v) is 3.70. The van der Waals surface area contributed by atoms with Gasteiger partial charge in [-0.2, -0.15) is 5.10 Å². The summed E-state index contributed by atoms with van der Waals surface area (Å²) in [4.78, 5) is 0. The monoisotopic (exact) mass is 271 g/mol. The van der Waals surface area contributed by atoms with Crippen molar-refractivity contribution in [2.45, 2.75) is 46.0 Å². The maximum absolute atomic E-state index is 6.20. The lowest BCUT2D eigenvalue weighted by atomic mass is 9.82. The van der Waals surface area contributed by atoms with Crippen molar-refractivity contribution in [3.05, 3.63) is 35.4 Å². The first-order valence-electron chi connectivity index (χ1n) is 7.15. The van der Waals surface area contributed by atoms with Crippen LogP contribution >= 0.6 is 0 Å². The number of aryl methyl sites for hydroxylation is 1. The van der Waals surface area contributed by atoms with Crippen LogP contribution in [0.5, 0.6) is 0 Å². The summed E-state index contributed by atoms with van der Waals surface area (Å²) >= 11 is 0. The van der Waals surface area contributed by atoms with Crippen LogP contribution in [0.15, 0.2) is 24.3 Å². The van der Waals surface area contributed by atoms with Gasteiger partial charge in [0.25, 0.3) is 0 Å². The van der Waals surface area contributed by atoms with Gasteiger partial charge in [-0.25, -0.2) is 0 Å². The summed E-state index contributed by atoms with van der Waals surface area (Å²) in [7, 11) is 1.91. The second kappa shape index (κ2) is 4.97. The maximum Gasteiger partial charge on any atom is 0.125 e. The third kappa shape index (κ3) is 2.45. The first-order valence-corrected chi connectivity index (χ1v) is 7.15. The molecule has 108 valence electrons. The van der Waals surface area contributed by atoms with Gasteiger partial charge in [-0.15, -0.1) is 0 Å². The fourth-order valence-corrected chi connectivity index (χ4v) is 2.67. The second-order valence-electron chi connectivity index (χ2n) is 6.72. The molecule has 1 aromatic carbocycles. The molecule has 0 aliphatic heterocycles. The highest BCUT2D eigenvalue weighted by Crippen LogP contribution is 2.38. The van der Waals surface area contributed by atoms with E-state index in [2.05, 4.69) is 64.0 Å². The Morgan fingerprint density at radius 3 is 2.30 bits per heavy atom. The number of nitrogens with two attached hydrogens (primary N) is 1. The van der Waals surface area contributed by atoms with Crippen LogP contribution in [0.2, 0.25) is 0 Å². The molecule has 0 aliphatic carbocycles. The van der Waals surface area contributed by atoms with Crippen molar-refractivity contribution in [3.63, 3.8) is 0 Å². The molecule has 0 fully saturated rings. The van der Waals surface area contributed by atoms with Crippen LogP contribution in [0.4, 0.5) is 5.82 Å². The smallest absolute Gasteiger partial charge is 0.125 e. The van der Waals surface area contributed by atoms with Crippen molar-refractivity contribution in [1.82, 2.24) is 9.78 Å². The molecule has 0 amide bonds. The van der Waals surface area contributed by atoms with E-state index in [1.807, 2.05) is 7.05 Å². The molecular formula is C17H25N3. The van der Waals surface area contributed by atoms with Gasteiger partial charge >= 0.3 is 0 Å². The summed E-state index contributed by atoms with van der Waals surface area (Å²) < 4.78 is 1.78. The third-order valence-electron chi connectivity index (χ3n) is 3.70. The number of anilines is 1. The molecule has 2 N–H and O–H groups in total. The molecule has 0 radical (unpaired) electrons. The maximum atomic E-state index is 6.20. The van der Waals surface area contributed by atoms with Gasteiger partial charge in [-0.3, -0.25) is 4.68 Å². The first-order chi connectivity index (χ1) is 9.23. The van der Waals surface area contributed by atoms with Crippen molar-refractivity contribution in [3.8, 4) is 11.3 Å². The summed E-state index contributed by atoms with van der Waals surface area (Å²) in [5, 5.41) is 4.67. The SMILES string of the molecule is CC(C)c1c(-c2ccccc2C(C)(C)C)nn(C)c1N. The molecule has 0 saturated carbocycles. The van der Waals surface area contributed by atoms with Crippen LogP contribution in [-0.2, 0) is 12.5 Å². The van der Waals surface area contributed by atoms with Crippen molar-refractivity contribution in [1.29, 1.82) is 0 Å². The molecule has 0 bridgehead atoms. The molecule has 0 spiro atoms. The quantitative estimate of drug-likeness (QED) is 0.894. The van der Waals surface area contributed by atoms with Gasteiger partial charge in [-0.05, 0) is 16.9 Å².